The first-order valence-corrected chi connectivity index (χ1v) is 8.88. The maximum absolute atomic E-state index is 11.8. The molecule has 5 nitrogen and oxygen atoms in total. The Hall–Kier alpha value is -1.34. The fourth-order valence-electron chi connectivity index (χ4n) is 1.96. The van der Waals surface area contributed by atoms with Gasteiger partial charge >= 0.3 is 0 Å². The van der Waals surface area contributed by atoms with Crippen molar-refractivity contribution < 1.29 is 9.21 Å². The molecule has 2 aromatic rings. The minimum atomic E-state index is -0.0202. The van der Waals surface area contributed by atoms with E-state index in [-0.39, 0.29) is 17.7 Å². The summed E-state index contributed by atoms with van der Waals surface area (Å²) in [7, 11) is 0. The Balaban J connectivity index is 1.88. The monoisotopic (exact) mass is 383 g/mol. The number of amides is 1. The first-order valence-electron chi connectivity index (χ1n) is 7.10. The van der Waals surface area contributed by atoms with E-state index >= 15 is 0 Å². The van der Waals surface area contributed by atoms with Crippen molar-refractivity contribution in [3.63, 3.8) is 0 Å². The number of halogens is 1. The number of rotatable bonds is 7. The molecule has 0 fully saturated rings. The van der Waals surface area contributed by atoms with Crippen molar-refractivity contribution in [2.24, 2.45) is 0 Å². The molecule has 1 aromatic carbocycles. The van der Waals surface area contributed by atoms with Crippen LogP contribution in [0.3, 0.4) is 0 Å². The average molecular weight is 384 g/mol. The lowest BCUT2D eigenvalue weighted by atomic mass is 10.2. The van der Waals surface area contributed by atoms with Gasteiger partial charge in [-0.2, -0.15) is 0 Å². The van der Waals surface area contributed by atoms with Crippen LogP contribution in [0.2, 0.25) is 0 Å². The molecular formula is C15H18BrN3O2S. The van der Waals surface area contributed by atoms with Crippen LogP contribution in [0.5, 0.6) is 0 Å². The highest BCUT2D eigenvalue weighted by molar-refractivity contribution is 9.10. The van der Waals surface area contributed by atoms with Crippen molar-refractivity contribution in [2.45, 2.75) is 38.0 Å². The third kappa shape index (κ3) is 5.14. The van der Waals surface area contributed by atoms with Gasteiger partial charge in [0.05, 0.1) is 5.75 Å². The summed E-state index contributed by atoms with van der Waals surface area (Å²) < 4.78 is 6.51. The highest BCUT2D eigenvalue weighted by Gasteiger charge is 2.12. The second-order valence-corrected chi connectivity index (χ2v) is 6.77. The van der Waals surface area contributed by atoms with Crippen LogP contribution in [-0.2, 0) is 4.79 Å². The van der Waals surface area contributed by atoms with Gasteiger partial charge in [-0.3, -0.25) is 4.79 Å². The van der Waals surface area contributed by atoms with Crippen molar-refractivity contribution in [1.29, 1.82) is 0 Å². The molecule has 1 N–H and O–H groups in total. The number of thioether (sulfide) groups is 1. The third-order valence-electron chi connectivity index (χ3n) is 2.93. The molecular weight excluding hydrogens is 366 g/mol. The fourth-order valence-corrected chi connectivity index (χ4v) is 2.93. The van der Waals surface area contributed by atoms with Crippen LogP contribution in [-0.4, -0.2) is 27.9 Å². The van der Waals surface area contributed by atoms with Crippen LogP contribution in [0, 0.1) is 0 Å². The Kier molecular flexibility index (Phi) is 6.45. The van der Waals surface area contributed by atoms with Gasteiger partial charge in [0.1, 0.15) is 0 Å². The Morgan fingerprint density at radius 2 is 2.27 bits per heavy atom. The molecule has 1 heterocycles. The average Bonchev–Trinajstić information content (AvgIpc) is 2.94. The summed E-state index contributed by atoms with van der Waals surface area (Å²) in [5.41, 5.74) is 0.842. The van der Waals surface area contributed by atoms with E-state index in [0.717, 1.165) is 22.9 Å². The molecule has 1 aromatic heterocycles. The van der Waals surface area contributed by atoms with Crippen molar-refractivity contribution in [1.82, 2.24) is 15.5 Å². The topological polar surface area (TPSA) is 68.0 Å². The number of nitrogens with one attached hydrogen (secondary N) is 1. The van der Waals surface area contributed by atoms with E-state index in [9.17, 15) is 4.79 Å². The lowest BCUT2D eigenvalue weighted by molar-refractivity contribution is -0.119. The molecule has 0 spiro atoms. The Morgan fingerprint density at radius 3 is 3.00 bits per heavy atom. The first kappa shape index (κ1) is 17.0. The standard InChI is InChI=1S/C15H18BrN3O2S/c1-3-5-10(2)17-13(20)9-22-15-19-18-14(21-15)11-6-4-7-12(16)8-11/h4,6-8,10H,3,5,9H2,1-2H3,(H,17,20). The van der Waals surface area contributed by atoms with Crippen LogP contribution in [0.1, 0.15) is 26.7 Å². The number of carbonyl (C=O) groups excluding carboxylic acids is 1. The maximum atomic E-state index is 11.8. The number of benzene rings is 1. The zero-order valence-electron chi connectivity index (χ0n) is 12.5. The zero-order chi connectivity index (χ0) is 15.9. The SMILES string of the molecule is CCCC(C)NC(=O)CSc1nnc(-c2cccc(Br)c2)o1. The molecule has 0 radical (unpaired) electrons. The lowest BCUT2D eigenvalue weighted by Crippen LogP contribution is -2.33. The molecule has 0 aliphatic rings. The van der Waals surface area contributed by atoms with Crippen LogP contribution < -0.4 is 5.32 Å². The second-order valence-electron chi connectivity index (χ2n) is 4.93. The normalized spacial score (nSPS) is 12.1. The highest BCUT2D eigenvalue weighted by Crippen LogP contribution is 2.25. The van der Waals surface area contributed by atoms with Gasteiger partial charge in [0.25, 0.3) is 5.22 Å². The van der Waals surface area contributed by atoms with Gasteiger partial charge in [0, 0.05) is 16.1 Å². The molecule has 118 valence electrons. The Bertz CT molecular complexity index is 633. The lowest BCUT2D eigenvalue weighted by Gasteiger charge is -2.11. The van der Waals surface area contributed by atoms with E-state index in [1.807, 2.05) is 31.2 Å². The summed E-state index contributed by atoms with van der Waals surface area (Å²) in [6, 6.07) is 7.82. The smallest absolute Gasteiger partial charge is 0.277 e. The van der Waals surface area contributed by atoms with Crippen LogP contribution in [0.15, 0.2) is 38.4 Å². The summed E-state index contributed by atoms with van der Waals surface area (Å²) in [5, 5.41) is 11.3. The Labute approximate surface area is 142 Å². The first-order chi connectivity index (χ1) is 10.6. The minimum absolute atomic E-state index is 0.0202. The maximum Gasteiger partial charge on any atom is 0.277 e. The van der Waals surface area contributed by atoms with Crippen LogP contribution >= 0.6 is 27.7 Å². The van der Waals surface area contributed by atoms with Gasteiger partial charge in [-0.25, -0.2) is 0 Å². The van der Waals surface area contributed by atoms with E-state index in [2.05, 4.69) is 38.4 Å². The molecule has 7 heteroatoms. The highest BCUT2D eigenvalue weighted by atomic mass is 79.9. The van der Waals surface area contributed by atoms with E-state index in [4.69, 9.17) is 4.42 Å². The molecule has 0 bridgehead atoms. The fraction of sp³-hybridized carbons (Fsp3) is 0.400. The molecule has 0 saturated carbocycles. The summed E-state index contributed by atoms with van der Waals surface area (Å²) in [5.74, 6) is 0.700. The van der Waals surface area contributed by atoms with Crippen LogP contribution in [0.4, 0.5) is 0 Å². The molecule has 0 aliphatic carbocycles. The molecule has 2 rings (SSSR count). The summed E-state index contributed by atoms with van der Waals surface area (Å²) in [6.45, 7) is 4.10. The van der Waals surface area contributed by atoms with Crippen molar-refractivity contribution in [3.8, 4) is 11.5 Å². The predicted molar refractivity (Wildman–Crippen MR) is 90.7 cm³/mol. The molecule has 1 unspecified atom stereocenters. The van der Waals surface area contributed by atoms with Crippen molar-refractivity contribution >= 4 is 33.6 Å². The number of nitrogens with zero attached hydrogens (tertiary/aromatic N) is 2. The number of aromatic nitrogens is 2. The van der Waals surface area contributed by atoms with Gasteiger partial charge in [-0.05, 0) is 31.5 Å². The summed E-state index contributed by atoms with van der Waals surface area (Å²) in [6.07, 6.45) is 2.03. The van der Waals surface area contributed by atoms with Gasteiger partial charge in [0.15, 0.2) is 0 Å². The third-order valence-corrected chi connectivity index (χ3v) is 4.25. The van der Waals surface area contributed by atoms with E-state index in [1.165, 1.54) is 11.8 Å². The number of hydrogen-bond acceptors (Lipinski definition) is 5. The van der Waals surface area contributed by atoms with Gasteiger partial charge in [-0.1, -0.05) is 47.1 Å². The van der Waals surface area contributed by atoms with Crippen molar-refractivity contribution in [3.05, 3.63) is 28.7 Å². The van der Waals surface area contributed by atoms with E-state index < -0.39 is 0 Å². The molecule has 22 heavy (non-hydrogen) atoms. The zero-order valence-corrected chi connectivity index (χ0v) is 14.9. The minimum Gasteiger partial charge on any atom is -0.411 e. The summed E-state index contributed by atoms with van der Waals surface area (Å²) >= 11 is 4.65. The van der Waals surface area contributed by atoms with Gasteiger partial charge < -0.3 is 9.73 Å². The quantitative estimate of drug-likeness (QED) is 0.734. The van der Waals surface area contributed by atoms with E-state index in [1.54, 1.807) is 0 Å². The number of carbonyl (C=O) groups is 1. The predicted octanol–water partition coefficient (Wildman–Crippen LogP) is 3.90. The molecule has 0 aliphatic heterocycles. The van der Waals surface area contributed by atoms with Crippen LogP contribution in [0.25, 0.3) is 11.5 Å². The summed E-state index contributed by atoms with van der Waals surface area (Å²) in [4.78, 5) is 11.8. The molecule has 0 saturated heterocycles. The molecule has 1 amide bonds. The van der Waals surface area contributed by atoms with Crippen molar-refractivity contribution in [2.75, 3.05) is 5.75 Å². The second kappa shape index (κ2) is 8.33. The molecule has 1 atom stereocenters. The van der Waals surface area contributed by atoms with Gasteiger partial charge in [0.2, 0.25) is 11.8 Å². The Morgan fingerprint density at radius 1 is 1.45 bits per heavy atom. The van der Waals surface area contributed by atoms with Gasteiger partial charge in [-0.15, -0.1) is 10.2 Å². The largest absolute Gasteiger partial charge is 0.411 e. The van der Waals surface area contributed by atoms with E-state index in [0.29, 0.717) is 11.1 Å². The number of hydrogen-bond donors (Lipinski definition) is 1.